The number of hydrogen-bond acceptors (Lipinski definition) is 23. The molecule has 3 aliphatic rings. The van der Waals surface area contributed by atoms with Crippen LogP contribution in [0.3, 0.4) is 0 Å². The molecule has 0 radical (unpaired) electrons. The van der Waals surface area contributed by atoms with Crippen LogP contribution in [0.5, 0.6) is 23.0 Å². The lowest BCUT2D eigenvalue weighted by Gasteiger charge is -2.36. The molecular weight excluding hydrogens is 1120 g/mol. The molecule has 5 aromatic rings. The fourth-order valence-electron chi connectivity index (χ4n) is 9.39. The molecule has 2 aromatic heterocycles. The van der Waals surface area contributed by atoms with Crippen molar-refractivity contribution in [2.24, 2.45) is 0 Å². The molecule has 9 N–H and O–H groups in total. The molecule has 3 aliphatic heterocycles. The standard InChI is InChI=1S/C56H72N10O19/c1-55(2,3)85-54(76)60-44(51(74)58-14-16-77-18-19-78-20-21-79-22-23-80-33-36-30-65(63-62-36)15-17-81-53-49(72)45(70)27-39(32-67)82-53)6-4-5-13-57-48(71)31-66-29-35(61-64-66)28-59-50(73)34-7-10-41-40(24-34)52(75)84-56(41)42-11-8-37(68)25-46(42)83-47-26-38(69)9-12-43(47)56/h7-12,24-26,29-30,39,44-45,49,53,67-70,72H,4-6,13-23,27-28,31-33H2,1-3H3,(H,57,71)(H,58,74)(H,59,73)(H,60,76)/t39-,44-,45-,49+,53+/m0/s1. The molecule has 3 aromatic carbocycles. The summed E-state index contributed by atoms with van der Waals surface area (Å²) in [6.45, 7) is 7.77. The molecule has 1 fully saturated rings. The number of unbranched alkanes of at least 4 members (excludes halogenated alkanes) is 1. The van der Waals surface area contributed by atoms with Gasteiger partial charge in [-0.2, -0.15) is 0 Å². The Hall–Kier alpha value is -7.87. The van der Waals surface area contributed by atoms with Crippen molar-refractivity contribution in [2.45, 2.75) is 115 Å². The summed E-state index contributed by atoms with van der Waals surface area (Å²) >= 11 is 0. The molecule has 8 rings (SSSR count). The van der Waals surface area contributed by atoms with Crippen molar-refractivity contribution in [2.75, 3.05) is 72.6 Å². The van der Waals surface area contributed by atoms with Crippen molar-refractivity contribution in [3.63, 3.8) is 0 Å². The van der Waals surface area contributed by atoms with E-state index < -0.39 is 65.7 Å². The summed E-state index contributed by atoms with van der Waals surface area (Å²) in [4.78, 5) is 65.6. The van der Waals surface area contributed by atoms with Crippen molar-refractivity contribution in [1.29, 1.82) is 0 Å². The molecule has 460 valence electrons. The summed E-state index contributed by atoms with van der Waals surface area (Å²) in [5.74, 6) is -1.70. The Balaban J connectivity index is 0.667. The van der Waals surface area contributed by atoms with Gasteiger partial charge in [-0.3, -0.25) is 14.4 Å². The van der Waals surface area contributed by atoms with E-state index in [1.165, 1.54) is 41.2 Å². The van der Waals surface area contributed by atoms with Crippen LogP contribution in [-0.4, -0.2) is 194 Å². The van der Waals surface area contributed by atoms with Crippen LogP contribution >= 0.6 is 0 Å². The molecule has 5 atom stereocenters. The predicted octanol–water partition coefficient (Wildman–Crippen LogP) is 1.19. The molecule has 85 heavy (non-hydrogen) atoms. The van der Waals surface area contributed by atoms with Gasteiger partial charge in [0.15, 0.2) is 11.9 Å². The molecule has 1 spiro atoms. The van der Waals surface area contributed by atoms with Gasteiger partial charge in [0.05, 0.1) is 109 Å². The van der Waals surface area contributed by atoms with Crippen molar-refractivity contribution < 1.29 is 92.1 Å². The van der Waals surface area contributed by atoms with E-state index in [1.807, 2.05) is 0 Å². The first-order chi connectivity index (χ1) is 40.9. The van der Waals surface area contributed by atoms with E-state index in [-0.39, 0.29) is 112 Å². The minimum absolute atomic E-state index is 0.0471. The lowest BCUT2D eigenvalue weighted by molar-refractivity contribution is -0.271. The molecule has 29 heteroatoms. The van der Waals surface area contributed by atoms with E-state index in [4.69, 9.17) is 42.6 Å². The van der Waals surface area contributed by atoms with Crippen molar-refractivity contribution >= 4 is 29.8 Å². The first-order valence-corrected chi connectivity index (χ1v) is 27.8. The number of nitrogens with one attached hydrogen (secondary N) is 4. The fourth-order valence-corrected chi connectivity index (χ4v) is 9.39. The number of aromatic hydroxyl groups is 2. The van der Waals surface area contributed by atoms with Gasteiger partial charge in [-0.05, 0) is 76.4 Å². The maximum absolute atomic E-state index is 13.5. The minimum atomic E-state index is -1.48. The number of amides is 4. The van der Waals surface area contributed by atoms with E-state index in [0.29, 0.717) is 80.5 Å². The Morgan fingerprint density at radius 2 is 1.41 bits per heavy atom. The largest absolute Gasteiger partial charge is 0.508 e. The number of phenolic OH excluding ortho intramolecular Hbond substituents is 2. The Kier molecular flexibility index (Phi) is 22.1. The lowest BCUT2D eigenvalue weighted by Crippen LogP contribution is -2.50. The van der Waals surface area contributed by atoms with Gasteiger partial charge in [-0.25, -0.2) is 19.0 Å². The number of ether oxygens (including phenoxy) is 9. The zero-order valence-electron chi connectivity index (χ0n) is 47.3. The summed E-state index contributed by atoms with van der Waals surface area (Å²) in [6, 6.07) is 12.5. The third-order valence-corrected chi connectivity index (χ3v) is 13.4. The number of aromatic nitrogens is 6. The average molecular weight is 1190 g/mol. The van der Waals surface area contributed by atoms with Crippen molar-refractivity contribution in [3.05, 3.63) is 106 Å². The van der Waals surface area contributed by atoms with Crippen LogP contribution in [0.4, 0.5) is 4.79 Å². The first-order valence-electron chi connectivity index (χ1n) is 27.8. The molecular formula is C56H72N10O19. The molecule has 0 aliphatic carbocycles. The van der Waals surface area contributed by atoms with E-state index in [1.54, 1.807) is 55.9 Å². The highest BCUT2D eigenvalue weighted by molar-refractivity contribution is 6.01. The average Bonchev–Trinajstić information content (AvgIpc) is 1.68. The third kappa shape index (κ3) is 17.4. The van der Waals surface area contributed by atoms with E-state index in [0.717, 1.165) is 0 Å². The van der Waals surface area contributed by atoms with Gasteiger partial charge in [0.2, 0.25) is 11.8 Å². The monoisotopic (exact) mass is 1190 g/mol. The second-order valence-electron chi connectivity index (χ2n) is 21.1. The van der Waals surface area contributed by atoms with Gasteiger partial charge in [0.25, 0.3) is 5.91 Å². The molecule has 1 saturated heterocycles. The highest BCUT2D eigenvalue weighted by atomic mass is 16.7. The highest BCUT2D eigenvalue weighted by Crippen LogP contribution is 2.57. The summed E-state index contributed by atoms with van der Waals surface area (Å²) in [5.41, 5.74) is 0.324. The summed E-state index contributed by atoms with van der Waals surface area (Å²) < 4.78 is 53.6. The second-order valence-corrected chi connectivity index (χ2v) is 21.1. The van der Waals surface area contributed by atoms with Gasteiger partial charge in [0, 0.05) is 53.9 Å². The van der Waals surface area contributed by atoms with Crippen molar-refractivity contribution in [3.8, 4) is 23.0 Å². The zero-order valence-corrected chi connectivity index (χ0v) is 47.3. The second kappa shape index (κ2) is 29.8. The Bertz CT molecular complexity index is 3030. The van der Waals surface area contributed by atoms with Gasteiger partial charge >= 0.3 is 12.1 Å². The van der Waals surface area contributed by atoms with Crippen LogP contribution < -0.4 is 26.0 Å². The first kappa shape index (κ1) is 63.2. The van der Waals surface area contributed by atoms with E-state index in [9.17, 15) is 49.5 Å². The number of hydrogen-bond donors (Lipinski definition) is 9. The van der Waals surface area contributed by atoms with Crippen LogP contribution in [0.1, 0.15) is 95.2 Å². The molecule has 0 saturated carbocycles. The van der Waals surface area contributed by atoms with Gasteiger partial charge < -0.3 is 89.4 Å². The number of nitrogens with zero attached hydrogens (tertiary/aromatic N) is 6. The van der Waals surface area contributed by atoms with E-state index in [2.05, 4.69) is 41.9 Å². The zero-order chi connectivity index (χ0) is 60.5. The number of aliphatic hydroxyl groups is 3. The number of alkyl carbamates (subject to hydrolysis) is 1. The number of carbonyl (C=O) groups is 5. The molecule has 4 amide bonds. The quantitative estimate of drug-likeness (QED) is 0.0222. The van der Waals surface area contributed by atoms with Gasteiger partial charge in [-0.1, -0.05) is 16.5 Å². The van der Waals surface area contributed by atoms with Gasteiger partial charge in [0.1, 0.15) is 58.7 Å². The Morgan fingerprint density at radius 3 is 2.11 bits per heavy atom. The number of rotatable bonds is 31. The lowest BCUT2D eigenvalue weighted by atomic mass is 9.77. The Labute approximate surface area is 488 Å². The summed E-state index contributed by atoms with van der Waals surface area (Å²) in [5, 5.41) is 76.9. The van der Waals surface area contributed by atoms with Crippen LogP contribution in [0.2, 0.25) is 0 Å². The maximum atomic E-state index is 13.5. The number of fused-ring (bicyclic) bond motifs is 6. The summed E-state index contributed by atoms with van der Waals surface area (Å²) in [7, 11) is 0. The normalized spacial score (nSPS) is 17.9. The SMILES string of the molecule is CC(C)(C)OC(=O)N[C@@H](CCCCNC(=O)Cn1cc(CNC(=O)c2ccc3c(c2)C(=O)OC32c3ccc(O)cc3Oc3cc(O)ccc32)nn1)C(=O)NCCOCCOCCOCCOCc1cn(CCO[C@@H]2O[C@H](CO)C[C@H](O)[C@H]2O)nn1. The molecule has 0 bridgehead atoms. The van der Waals surface area contributed by atoms with Crippen LogP contribution in [0.25, 0.3) is 0 Å². The van der Waals surface area contributed by atoms with Crippen LogP contribution in [-0.2, 0) is 79.3 Å². The number of esters is 1. The number of aliphatic hydroxyl groups excluding tert-OH is 3. The molecule has 5 heterocycles. The smallest absolute Gasteiger partial charge is 0.408 e. The van der Waals surface area contributed by atoms with Crippen molar-refractivity contribution in [1.82, 2.24) is 51.3 Å². The number of carbonyl (C=O) groups excluding carboxylic acids is 5. The van der Waals surface area contributed by atoms with E-state index >= 15 is 0 Å². The van der Waals surface area contributed by atoms with Gasteiger partial charge in [-0.15, -0.1) is 10.2 Å². The third-order valence-electron chi connectivity index (χ3n) is 13.4. The van der Waals surface area contributed by atoms with Crippen LogP contribution in [0.15, 0.2) is 67.0 Å². The number of benzene rings is 3. The maximum Gasteiger partial charge on any atom is 0.408 e. The minimum Gasteiger partial charge on any atom is -0.508 e. The fraction of sp³-hybridized carbons (Fsp3) is 0.518. The number of phenols is 2. The Morgan fingerprint density at radius 1 is 0.765 bits per heavy atom. The van der Waals surface area contributed by atoms with Crippen LogP contribution in [0, 0.1) is 0 Å². The summed E-state index contributed by atoms with van der Waals surface area (Å²) in [6.07, 6.45) is -0.197. The predicted molar refractivity (Wildman–Crippen MR) is 293 cm³/mol. The highest BCUT2D eigenvalue weighted by Gasteiger charge is 2.54. The topological polar surface area (TPSA) is 379 Å². The molecule has 0 unspecified atom stereocenters. The molecule has 29 nitrogen and oxygen atoms in total.